The molecule has 0 bridgehead atoms. The molecule has 3 rings (SSSR count). The van der Waals surface area contributed by atoms with Gasteiger partial charge in [0.2, 0.25) is 5.88 Å². The number of nitrogens with zero attached hydrogens (tertiary/aromatic N) is 2. The third-order valence-electron chi connectivity index (χ3n) is 3.82. The number of rotatable bonds is 5. The highest BCUT2D eigenvalue weighted by atomic mass is 19.4. The first-order chi connectivity index (χ1) is 13.2. The van der Waals surface area contributed by atoms with Gasteiger partial charge in [-0.3, -0.25) is 4.79 Å². The largest absolute Gasteiger partial charge is 0.469 e. The Hall–Kier alpha value is -3.29. The Bertz CT molecular complexity index is 985. The van der Waals surface area contributed by atoms with Crippen molar-refractivity contribution in [3.05, 3.63) is 77.2 Å². The molecular weight excluding hydrogens is 376 g/mol. The van der Waals surface area contributed by atoms with Crippen molar-refractivity contribution < 1.29 is 27.1 Å². The van der Waals surface area contributed by atoms with E-state index in [4.69, 9.17) is 4.74 Å². The lowest BCUT2D eigenvalue weighted by Gasteiger charge is -2.09. The Balaban J connectivity index is 1.76. The lowest BCUT2D eigenvalue weighted by Crippen LogP contribution is -2.12. The molecule has 0 aliphatic heterocycles. The standard InChI is InChI=1S/C20H14F4N2O2/c1-12-10-18(28-11-17(27)13-4-8-16(21)9-5-13)26-19(25-12)14-2-6-15(7-3-14)20(22,23)24/h2-10H,11H2,1H3. The van der Waals surface area contributed by atoms with Crippen LogP contribution in [0.25, 0.3) is 11.4 Å². The SMILES string of the molecule is Cc1cc(OCC(=O)c2ccc(F)cc2)nc(-c2ccc(C(F)(F)F)cc2)n1. The summed E-state index contributed by atoms with van der Waals surface area (Å²) < 4.78 is 56.4. The van der Waals surface area contributed by atoms with Crippen molar-refractivity contribution in [3.8, 4) is 17.3 Å². The van der Waals surface area contributed by atoms with Crippen LogP contribution in [0.5, 0.6) is 5.88 Å². The highest BCUT2D eigenvalue weighted by Crippen LogP contribution is 2.30. The number of aryl methyl sites for hydroxylation is 1. The molecule has 2 aromatic carbocycles. The van der Waals surface area contributed by atoms with E-state index in [0.29, 0.717) is 11.3 Å². The van der Waals surface area contributed by atoms with Crippen LogP contribution in [0.15, 0.2) is 54.6 Å². The maximum absolute atomic E-state index is 12.9. The zero-order valence-electron chi connectivity index (χ0n) is 14.6. The summed E-state index contributed by atoms with van der Waals surface area (Å²) in [4.78, 5) is 20.4. The first-order valence-electron chi connectivity index (χ1n) is 8.17. The van der Waals surface area contributed by atoms with Crippen molar-refractivity contribution in [2.45, 2.75) is 13.1 Å². The van der Waals surface area contributed by atoms with Crippen LogP contribution < -0.4 is 4.74 Å². The van der Waals surface area contributed by atoms with Gasteiger partial charge in [0.15, 0.2) is 18.2 Å². The van der Waals surface area contributed by atoms with Crippen molar-refractivity contribution in [3.63, 3.8) is 0 Å². The molecule has 0 N–H and O–H groups in total. The first kappa shape index (κ1) is 19.5. The zero-order chi connectivity index (χ0) is 20.3. The Morgan fingerprint density at radius 2 is 1.64 bits per heavy atom. The second-order valence-corrected chi connectivity index (χ2v) is 5.97. The molecule has 1 aromatic heterocycles. The van der Waals surface area contributed by atoms with Gasteiger partial charge in [-0.2, -0.15) is 18.2 Å². The van der Waals surface area contributed by atoms with Crippen molar-refractivity contribution in [1.82, 2.24) is 9.97 Å². The number of aromatic nitrogens is 2. The van der Waals surface area contributed by atoms with Crippen LogP contribution in [0.1, 0.15) is 21.6 Å². The van der Waals surface area contributed by atoms with E-state index in [1.165, 1.54) is 42.5 Å². The van der Waals surface area contributed by atoms with E-state index in [1.807, 2.05) is 0 Å². The minimum absolute atomic E-state index is 0.109. The van der Waals surface area contributed by atoms with Crippen LogP contribution in [-0.2, 0) is 6.18 Å². The Morgan fingerprint density at radius 1 is 1.00 bits per heavy atom. The maximum atomic E-state index is 12.9. The molecule has 0 aliphatic rings. The van der Waals surface area contributed by atoms with Gasteiger partial charge in [-0.1, -0.05) is 12.1 Å². The molecule has 144 valence electrons. The monoisotopic (exact) mass is 390 g/mol. The summed E-state index contributed by atoms with van der Waals surface area (Å²) in [6.45, 7) is 1.35. The predicted octanol–water partition coefficient (Wildman–Crippen LogP) is 4.87. The van der Waals surface area contributed by atoms with Crippen LogP contribution in [0.3, 0.4) is 0 Å². The average molecular weight is 390 g/mol. The number of ketones is 1. The highest BCUT2D eigenvalue weighted by molar-refractivity contribution is 5.97. The van der Waals surface area contributed by atoms with Crippen LogP contribution >= 0.6 is 0 Å². The number of Topliss-reactive ketones (excluding diaryl/α,β-unsaturated/α-hetero) is 1. The number of ether oxygens (including phenoxy) is 1. The fraction of sp³-hybridized carbons (Fsp3) is 0.150. The summed E-state index contributed by atoms with van der Waals surface area (Å²) in [7, 11) is 0. The minimum atomic E-state index is -4.43. The van der Waals surface area contributed by atoms with E-state index in [-0.39, 0.29) is 29.7 Å². The molecule has 0 amide bonds. The number of carbonyl (C=O) groups excluding carboxylic acids is 1. The van der Waals surface area contributed by atoms with Crippen LogP contribution in [-0.4, -0.2) is 22.4 Å². The van der Waals surface area contributed by atoms with Gasteiger partial charge in [0.1, 0.15) is 5.82 Å². The fourth-order valence-electron chi connectivity index (χ4n) is 2.41. The smallest absolute Gasteiger partial charge is 0.416 e. The highest BCUT2D eigenvalue weighted by Gasteiger charge is 2.30. The molecule has 0 unspecified atom stereocenters. The van der Waals surface area contributed by atoms with Gasteiger partial charge in [-0.25, -0.2) is 9.37 Å². The third kappa shape index (κ3) is 4.70. The number of halogens is 4. The van der Waals surface area contributed by atoms with Gasteiger partial charge in [0, 0.05) is 22.9 Å². The molecule has 3 aromatic rings. The van der Waals surface area contributed by atoms with E-state index in [0.717, 1.165) is 12.1 Å². The molecule has 0 fully saturated rings. The molecule has 28 heavy (non-hydrogen) atoms. The number of hydrogen-bond donors (Lipinski definition) is 0. The fourth-order valence-corrected chi connectivity index (χ4v) is 2.41. The number of carbonyl (C=O) groups is 1. The number of hydrogen-bond acceptors (Lipinski definition) is 4. The molecule has 0 saturated carbocycles. The summed E-state index contributed by atoms with van der Waals surface area (Å²) in [5.41, 5.74) is 0.418. The molecule has 1 heterocycles. The van der Waals surface area contributed by atoms with Crippen molar-refractivity contribution in [1.29, 1.82) is 0 Å². The van der Waals surface area contributed by atoms with Crippen LogP contribution in [0, 0.1) is 12.7 Å². The van der Waals surface area contributed by atoms with E-state index in [2.05, 4.69) is 9.97 Å². The quantitative estimate of drug-likeness (QED) is 0.461. The van der Waals surface area contributed by atoms with Gasteiger partial charge >= 0.3 is 6.18 Å². The number of alkyl halides is 3. The van der Waals surface area contributed by atoms with Crippen molar-refractivity contribution in [2.24, 2.45) is 0 Å². The van der Waals surface area contributed by atoms with E-state index < -0.39 is 17.6 Å². The van der Waals surface area contributed by atoms with Gasteiger partial charge in [-0.05, 0) is 43.3 Å². The Kier molecular flexibility index (Phi) is 5.39. The van der Waals surface area contributed by atoms with Crippen LogP contribution in [0.4, 0.5) is 17.6 Å². The predicted molar refractivity (Wildman–Crippen MR) is 93.4 cm³/mol. The summed E-state index contributed by atoms with van der Waals surface area (Å²) in [5, 5.41) is 0. The van der Waals surface area contributed by atoms with Gasteiger partial charge in [0.25, 0.3) is 0 Å². The zero-order valence-corrected chi connectivity index (χ0v) is 14.6. The molecular formula is C20H14F4N2O2. The molecule has 4 nitrogen and oxygen atoms in total. The molecule has 0 saturated heterocycles. The lowest BCUT2D eigenvalue weighted by atomic mass is 10.1. The normalized spacial score (nSPS) is 11.3. The Labute approximate surface area is 157 Å². The van der Waals surface area contributed by atoms with E-state index in [9.17, 15) is 22.4 Å². The third-order valence-corrected chi connectivity index (χ3v) is 3.82. The second-order valence-electron chi connectivity index (χ2n) is 5.97. The summed E-state index contributed by atoms with van der Waals surface area (Å²) in [6, 6.07) is 11.0. The van der Waals surface area contributed by atoms with Gasteiger partial charge in [0.05, 0.1) is 5.56 Å². The maximum Gasteiger partial charge on any atom is 0.416 e. The number of benzene rings is 2. The first-order valence-corrected chi connectivity index (χ1v) is 8.17. The summed E-state index contributed by atoms with van der Waals surface area (Å²) >= 11 is 0. The van der Waals surface area contributed by atoms with E-state index >= 15 is 0 Å². The molecule has 8 heteroatoms. The van der Waals surface area contributed by atoms with Crippen molar-refractivity contribution >= 4 is 5.78 Å². The topological polar surface area (TPSA) is 52.1 Å². The second kappa shape index (κ2) is 7.75. The molecule has 0 atom stereocenters. The summed E-state index contributed by atoms with van der Waals surface area (Å²) in [5.74, 6) is -0.534. The van der Waals surface area contributed by atoms with Crippen molar-refractivity contribution in [2.75, 3.05) is 6.61 Å². The molecule has 0 radical (unpaired) electrons. The molecule has 0 aliphatic carbocycles. The lowest BCUT2D eigenvalue weighted by molar-refractivity contribution is -0.137. The molecule has 0 spiro atoms. The summed E-state index contributed by atoms with van der Waals surface area (Å²) in [6.07, 6.45) is -4.43. The Morgan fingerprint density at radius 3 is 2.25 bits per heavy atom. The minimum Gasteiger partial charge on any atom is -0.469 e. The van der Waals surface area contributed by atoms with E-state index in [1.54, 1.807) is 6.92 Å². The van der Waals surface area contributed by atoms with Gasteiger partial charge < -0.3 is 4.74 Å². The van der Waals surface area contributed by atoms with Gasteiger partial charge in [-0.15, -0.1) is 0 Å². The average Bonchev–Trinajstić information content (AvgIpc) is 2.66. The van der Waals surface area contributed by atoms with Crippen LogP contribution in [0.2, 0.25) is 0 Å².